The first-order valence-electron chi connectivity index (χ1n) is 8.08. The quantitative estimate of drug-likeness (QED) is 0.562. The molecule has 2 heterocycles. The van der Waals surface area contributed by atoms with Gasteiger partial charge >= 0.3 is 0 Å². The molecular weight excluding hydrogens is 360 g/mol. The zero-order valence-corrected chi connectivity index (χ0v) is 15.8. The summed E-state index contributed by atoms with van der Waals surface area (Å²) in [5.41, 5.74) is 2.91. The second kappa shape index (κ2) is 7.29. The van der Waals surface area contributed by atoms with Crippen LogP contribution >= 0.6 is 11.8 Å². The van der Waals surface area contributed by atoms with Crippen molar-refractivity contribution >= 4 is 27.4 Å². The summed E-state index contributed by atoms with van der Waals surface area (Å²) in [4.78, 5) is 12.3. The minimum atomic E-state index is -2.91. The van der Waals surface area contributed by atoms with Crippen LogP contribution in [-0.4, -0.2) is 41.7 Å². The van der Waals surface area contributed by atoms with Gasteiger partial charge in [-0.3, -0.25) is 4.79 Å². The maximum Gasteiger partial charge on any atom is 0.277 e. The lowest BCUT2D eigenvalue weighted by Gasteiger charge is -2.03. The summed E-state index contributed by atoms with van der Waals surface area (Å²) in [5.74, 6) is 1.13. The smallest absolute Gasteiger partial charge is 0.277 e. The van der Waals surface area contributed by atoms with Gasteiger partial charge in [-0.2, -0.15) is 0 Å². The number of rotatable bonds is 6. The average Bonchev–Trinajstić information content (AvgIpc) is 3.14. The van der Waals surface area contributed by atoms with Crippen LogP contribution in [-0.2, 0) is 16.3 Å². The molecule has 0 N–H and O–H groups in total. The molecule has 1 aliphatic heterocycles. The van der Waals surface area contributed by atoms with Crippen molar-refractivity contribution in [3.63, 3.8) is 0 Å². The highest BCUT2D eigenvalue weighted by molar-refractivity contribution is 7.99. The number of carbonyl (C=O) groups excluding carboxylic acids is 1. The molecule has 0 bridgehead atoms. The molecule has 1 aromatic carbocycles. The van der Waals surface area contributed by atoms with Crippen molar-refractivity contribution in [3.8, 4) is 0 Å². The third kappa shape index (κ3) is 4.70. The standard InChI is InChI=1S/C17H20N2O4S2/c1-11-3-4-14(7-12(11)2)15(20)9-24-17-19-18-16(23-17)8-13-5-6-25(21,22)10-13/h3-4,7,13H,5-6,8-10H2,1-2H3/t13-/m1/s1. The molecule has 1 saturated heterocycles. The lowest BCUT2D eigenvalue weighted by Crippen LogP contribution is -2.07. The van der Waals surface area contributed by atoms with E-state index in [1.54, 1.807) is 0 Å². The third-order valence-electron chi connectivity index (χ3n) is 4.39. The minimum Gasteiger partial charge on any atom is -0.416 e. The molecule has 25 heavy (non-hydrogen) atoms. The molecule has 0 spiro atoms. The van der Waals surface area contributed by atoms with Crippen LogP contribution in [0.3, 0.4) is 0 Å². The summed E-state index contributed by atoms with van der Waals surface area (Å²) in [7, 11) is -2.91. The van der Waals surface area contributed by atoms with Gasteiger partial charge in [0.1, 0.15) is 0 Å². The van der Waals surface area contributed by atoms with E-state index in [0.717, 1.165) is 11.1 Å². The number of carbonyl (C=O) groups is 1. The molecule has 0 radical (unpaired) electrons. The van der Waals surface area contributed by atoms with E-state index in [1.165, 1.54) is 11.8 Å². The lowest BCUT2D eigenvalue weighted by molar-refractivity contribution is 0.102. The number of aryl methyl sites for hydroxylation is 2. The highest BCUT2D eigenvalue weighted by atomic mass is 32.2. The Bertz CT molecular complexity index is 890. The Morgan fingerprint density at radius 3 is 2.76 bits per heavy atom. The van der Waals surface area contributed by atoms with E-state index in [0.29, 0.717) is 29.5 Å². The van der Waals surface area contributed by atoms with Crippen LogP contribution in [0.5, 0.6) is 0 Å². The zero-order chi connectivity index (χ0) is 18.0. The van der Waals surface area contributed by atoms with Crippen molar-refractivity contribution in [1.29, 1.82) is 0 Å². The van der Waals surface area contributed by atoms with Gasteiger partial charge in [-0.25, -0.2) is 8.42 Å². The highest BCUT2D eigenvalue weighted by Gasteiger charge is 2.29. The van der Waals surface area contributed by atoms with Crippen molar-refractivity contribution in [2.24, 2.45) is 5.92 Å². The minimum absolute atomic E-state index is 0.00902. The van der Waals surface area contributed by atoms with Crippen LogP contribution in [0, 0.1) is 19.8 Å². The summed E-state index contributed by atoms with van der Waals surface area (Å²) in [6.45, 7) is 3.99. The van der Waals surface area contributed by atoms with Crippen molar-refractivity contribution in [1.82, 2.24) is 10.2 Å². The maximum absolute atomic E-state index is 12.3. The van der Waals surface area contributed by atoms with Gasteiger partial charge in [0.2, 0.25) is 5.89 Å². The van der Waals surface area contributed by atoms with E-state index >= 15 is 0 Å². The Hall–Kier alpha value is -1.67. The van der Waals surface area contributed by atoms with E-state index in [9.17, 15) is 13.2 Å². The van der Waals surface area contributed by atoms with Crippen LogP contribution in [0.4, 0.5) is 0 Å². The highest BCUT2D eigenvalue weighted by Crippen LogP contribution is 2.24. The largest absolute Gasteiger partial charge is 0.416 e. The van der Waals surface area contributed by atoms with E-state index in [1.807, 2.05) is 32.0 Å². The molecule has 0 aliphatic carbocycles. The molecule has 3 rings (SSSR count). The number of aromatic nitrogens is 2. The molecule has 8 heteroatoms. The maximum atomic E-state index is 12.3. The summed E-state index contributed by atoms with van der Waals surface area (Å²) in [5, 5.41) is 8.24. The number of hydrogen-bond donors (Lipinski definition) is 0. The fourth-order valence-corrected chi connectivity index (χ4v) is 5.32. The molecule has 0 saturated carbocycles. The number of nitrogens with zero attached hydrogens (tertiary/aromatic N) is 2. The van der Waals surface area contributed by atoms with Crippen molar-refractivity contribution in [2.45, 2.75) is 31.9 Å². The second-order valence-electron chi connectivity index (χ2n) is 6.45. The van der Waals surface area contributed by atoms with Gasteiger partial charge in [0.15, 0.2) is 15.6 Å². The van der Waals surface area contributed by atoms with Gasteiger partial charge in [-0.05, 0) is 43.4 Å². The van der Waals surface area contributed by atoms with Gasteiger partial charge < -0.3 is 4.42 Å². The first-order valence-corrected chi connectivity index (χ1v) is 10.9. The number of sulfone groups is 1. The van der Waals surface area contributed by atoms with Crippen LogP contribution in [0.1, 0.15) is 33.8 Å². The molecular formula is C17H20N2O4S2. The van der Waals surface area contributed by atoms with Crippen LogP contribution in [0.2, 0.25) is 0 Å². The zero-order valence-electron chi connectivity index (χ0n) is 14.2. The number of hydrogen-bond acceptors (Lipinski definition) is 7. The number of thioether (sulfide) groups is 1. The molecule has 1 aliphatic rings. The Kier molecular flexibility index (Phi) is 5.29. The topological polar surface area (TPSA) is 90.1 Å². The predicted octanol–water partition coefficient (Wildman–Crippen LogP) is 2.64. The number of Topliss-reactive ketones (excluding diaryl/α,β-unsaturated/α-hetero) is 1. The fraction of sp³-hybridized carbons (Fsp3) is 0.471. The van der Waals surface area contributed by atoms with Gasteiger partial charge in [-0.1, -0.05) is 23.9 Å². The van der Waals surface area contributed by atoms with Crippen molar-refractivity contribution in [3.05, 3.63) is 40.8 Å². The fourth-order valence-electron chi connectivity index (χ4n) is 2.78. The molecule has 1 atom stereocenters. The SMILES string of the molecule is Cc1ccc(C(=O)CSc2nnc(C[C@H]3CCS(=O)(=O)C3)o2)cc1C. The molecule has 6 nitrogen and oxygen atoms in total. The Morgan fingerprint density at radius 2 is 2.08 bits per heavy atom. The number of benzene rings is 1. The summed E-state index contributed by atoms with van der Waals surface area (Å²) >= 11 is 1.20. The number of ketones is 1. The predicted molar refractivity (Wildman–Crippen MR) is 95.7 cm³/mol. The molecule has 0 unspecified atom stereocenters. The van der Waals surface area contributed by atoms with Crippen molar-refractivity contribution in [2.75, 3.05) is 17.3 Å². The average molecular weight is 380 g/mol. The van der Waals surface area contributed by atoms with E-state index in [2.05, 4.69) is 10.2 Å². The second-order valence-corrected chi connectivity index (χ2v) is 9.60. The Balaban J connectivity index is 1.54. The van der Waals surface area contributed by atoms with Crippen LogP contribution in [0.15, 0.2) is 27.8 Å². The lowest BCUT2D eigenvalue weighted by atomic mass is 10.0. The Morgan fingerprint density at radius 1 is 1.28 bits per heavy atom. The molecule has 2 aromatic rings. The van der Waals surface area contributed by atoms with Gasteiger partial charge in [-0.15, -0.1) is 10.2 Å². The summed E-state index contributed by atoms with van der Waals surface area (Å²) in [6, 6.07) is 5.65. The summed E-state index contributed by atoms with van der Waals surface area (Å²) < 4.78 is 28.5. The molecule has 1 aromatic heterocycles. The van der Waals surface area contributed by atoms with E-state index in [4.69, 9.17) is 4.42 Å². The van der Waals surface area contributed by atoms with Gasteiger partial charge in [0.25, 0.3) is 5.22 Å². The van der Waals surface area contributed by atoms with E-state index < -0.39 is 9.84 Å². The molecule has 134 valence electrons. The summed E-state index contributed by atoms with van der Waals surface area (Å²) in [6.07, 6.45) is 1.11. The third-order valence-corrected chi connectivity index (χ3v) is 7.05. The van der Waals surface area contributed by atoms with E-state index in [-0.39, 0.29) is 29.0 Å². The molecule has 1 fully saturated rings. The van der Waals surface area contributed by atoms with Crippen LogP contribution < -0.4 is 0 Å². The normalized spacial score (nSPS) is 19.2. The Labute approximate surface area is 151 Å². The van der Waals surface area contributed by atoms with Gasteiger partial charge in [0, 0.05) is 12.0 Å². The first-order chi connectivity index (χ1) is 11.8. The monoisotopic (exact) mass is 380 g/mol. The van der Waals surface area contributed by atoms with Crippen LogP contribution in [0.25, 0.3) is 0 Å². The van der Waals surface area contributed by atoms with Gasteiger partial charge in [0.05, 0.1) is 17.3 Å². The van der Waals surface area contributed by atoms with Crippen molar-refractivity contribution < 1.29 is 17.6 Å². The first kappa shape index (κ1) is 18.1. The molecule has 0 amide bonds.